The molecule has 1 aliphatic heterocycles. The van der Waals surface area contributed by atoms with Crippen molar-refractivity contribution in [1.29, 1.82) is 0 Å². The van der Waals surface area contributed by atoms with Crippen molar-refractivity contribution in [2.75, 3.05) is 13.1 Å². The second kappa shape index (κ2) is 4.62. The van der Waals surface area contributed by atoms with Crippen molar-refractivity contribution in [2.45, 2.75) is 32.5 Å². The molecule has 2 rings (SSSR count). The van der Waals surface area contributed by atoms with E-state index in [1.807, 2.05) is 6.20 Å². The molecule has 0 aromatic carbocycles. The number of aryl methyl sites for hydroxylation is 1. The quantitative estimate of drug-likeness (QED) is 0.766. The Morgan fingerprint density at radius 2 is 2.21 bits per heavy atom. The predicted molar refractivity (Wildman–Crippen MR) is 56.2 cm³/mol. The molecule has 1 aromatic heterocycles. The van der Waals surface area contributed by atoms with E-state index in [0.29, 0.717) is 6.10 Å². The van der Waals surface area contributed by atoms with Crippen LogP contribution in [-0.4, -0.2) is 24.2 Å². The Bertz CT molecular complexity index is 277. The maximum atomic E-state index is 5.82. The van der Waals surface area contributed by atoms with Gasteiger partial charge in [-0.25, -0.2) is 0 Å². The first-order chi connectivity index (χ1) is 6.84. The molecule has 1 fully saturated rings. The topological polar surface area (TPSA) is 37.0 Å². The van der Waals surface area contributed by atoms with Gasteiger partial charge in [-0.15, -0.1) is 0 Å². The molecule has 0 unspecified atom stereocenters. The third kappa shape index (κ3) is 2.59. The summed E-state index contributed by atoms with van der Waals surface area (Å²) >= 11 is 0. The van der Waals surface area contributed by atoms with Crippen LogP contribution in [0.5, 0.6) is 0 Å². The van der Waals surface area contributed by atoms with Crippen LogP contribution in [0.4, 0.5) is 0 Å². The van der Waals surface area contributed by atoms with Crippen LogP contribution >= 0.6 is 0 Å². The van der Waals surface area contributed by atoms with E-state index in [0.717, 1.165) is 32.5 Å². The average Bonchev–Trinajstić information content (AvgIpc) is 2.63. The van der Waals surface area contributed by atoms with Gasteiger partial charge in [-0.3, -0.25) is 0 Å². The smallest absolute Gasteiger partial charge is 0.0735 e. The molecule has 2 N–H and O–H groups in total. The van der Waals surface area contributed by atoms with E-state index in [-0.39, 0.29) is 0 Å². The second-order valence-corrected chi connectivity index (χ2v) is 3.95. The van der Waals surface area contributed by atoms with Gasteiger partial charge in [-0.05, 0) is 44.5 Å². The van der Waals surface area contributed by atoms with Gasteiger partial charge in [-0.1, -0.05) is 0 Å². The minimum absolute atomic E-state index is 0.450. The molecule has 1 saturated heterocycles. The van der Waals surface area contributed by atoms with Gasteiger partial charge >= 0.3 is 0 Å². The van der Waals surface area contributed by atoms with Gasteiger partial charge in [0, 0.05) is 11.9 Å². The first-order valence-electron chi connectivity index (χ1n) is 5.31. The Kier molecular flexibility index (Phi) is 3.22. The average molecular weight is 194 g/mol. The lowest BCUT2D eigenvalue weighted by Gasteiger charge is -2.22. The van der Waals surface area contributed by atoms with E-state index in [4.69, 9.17) is 4.74 Å². The highest BCUT2D eigenvalue weighted by Gasteiger charge is 2.13. The summed E-state index contributed by atoms with van der Waals surface area (Å²) in [6.45, 7) is 5.00. The zero-order chi connectivity index (χ0) is 9.80. The van der Waals surface area contributed by atoms with Crippen LogP contribution in [0.15, 0.2) is 12.3 Å². The fourth-order valence-electron chi connectivity index (χ4n) is 1.83. The third-order valence-electron chi connectivity index (χ3n) is 2.66. The number of ether oxygens (including phenoxy) is 1. The van der Waals surface area contributed by atoms with E-state index in [2.05, 4.69) is 23.3 Å². The van der Waals surface area contributed by atoms with Gasteiger partial charge in [-0.2, -0.15) is 0 Å². The molecule has 0 spiro atoms. The number of rotatable bonds is 3. The zero-order valence-electron chi connectivity index (χ0n) is 8.68. The summed E-state index contributed by atoms with van der Waals surface area (Å²) in [4.78, 5) is 3.16. The molecule has 3 heteroatoms. The Morgan fingerprint density at radius 1 is 1.43 bits per heavy atom. The first kappa shape index (κ1) is 9.74. The van der Waals surface area contributed by atoms with Crippen LogP contribution < -0.4 is 5.32 Å². The summed E-state index contributed by atoms with van der Waals surface area (Å²) in [7, 11) is 0. The summed E-state index contributed by atoms with van der Waals surface area (Å²) in [6, 6.07) is 2.14. The number of aromatic nitrogens is 1. The number of aromatic amines is 1. The fraction of sp³-hybridized carbons (Fsp3) is 0.636. The van der Waals surface area contributed by atoms with Gasteiger partial charge in [0.15, 0.2) is 0 Å². The van der Waals surface area contributed by atoms with Gasteiger partial charge in [0.25, 0.3) is 0 Å². The molecule has 1 aromatic rings. The maximum Gasteiger partial charge on any atom is 0.0735 e. The summed E-state index contributed by atoms with van der Waals surface area (Å²) in [5.74, 6) is 0. The van der Waals surface area contributed by atoms with Crippen molar-refractivity contribution in [2.24, 2.45) is 0 Å². The molecular weight excluding hydrogens is 176 g/mol. The minimum atomic E-state index is 0.450. The van der Waals surface area contributed by atoms with Crippen LogP contribution in [0.25, 0.3) is 0 Å². The largest absolute Gasteiger partial charge is 0.373 e. The van der Waals surface area contributed by atoms with Gasteiger partial charge in [0.1, 0.15) is 0 Å². The van der Waals surface area contributed by atoms with Crippen molar-refractivity contribution in [3.05, 3.63) is 23.5 Å². The summed E-state index contributed by atoms with van der Waals surface area (Å²) in [5, 5.41) is 3.33. The van der Waals surface area contributed by atoms with Crippen LogP contribution in [0.3, 0.4) is 0 Å². The van der Waals surface area contributed by atoms with Crippen LogP contribution in [0.1, 0.15) is 24.1 Å². The number of hydrogen-bond acceptors (Lipinski definition) is 2. The Hall–Kier alpha value is -0.800. The number of hydrogen-bond donors (Lipinski definition) is 2. The number of nitrogens with one attached hydrogen (secondary N) is 2. The van der Waals surface area contributed by atoms with E-state index in [1.54, 1.807) is 0 Å². The van der Waals surface area contributed by atoms with Gasteiger partial charge in [0.05, 0.1) is 12.7 Å². The molecule has 0 radical (unpaired) electrons. The Labute approximate surface area is 84.9 Å². The number of H-pyrrole nitrogens is 1. The van der Waals surface area contributed by atoms with Crippen molar-refractivity contribution in [3.8, 4) is 0 Å². The summed E-state index contributed by atoms with van der Waals surface area (Å²) in [6.07, 6.45) is 4.76. The molecule has 0 atom stereocenters. The second-order valence-electron chi connectivity index (χ2n) is 3.95. The minimum Gasteiger partial charge on any atom is -0.373 e. The van der Waals surface area contributed by atoms with Gasteiger partial charge in [0.2, 0.25) is 0 Å². The molecule has 78 valence electrons. The first-order valence-corrected chi connectivity index (χ1v) is 5.31. The zero-order valence-corrected chi connectivity index (χ0v) is 8.68. The van der Waals surface area contributed by atoms with Gasteiger partial charge < -0.3 is 15.0 Å². The summed E-state index contributed by atoms with van der Waals surface area (Å²) in [5.41, 5.74) is 2.45. The molecule has 0 bridgehead atoms. The highest BCUT2D eigenvalue weighted by Crippen LogP contribution is 2.11. The van der Waals surface area contributed by atoms with E-state index in [9.17, 15) is 0 Å². The monoisotopic (exact) mass is 194 g/mol. The highest BCUT2D eigenvalue weighted by atomic mass is 16.5. The molecule has 14 heavy (non-hydrogen) atoms. The lowest BCUT2D eigenvalue weighted by atomic mass is 10.1. The van der Waals surface area contributed by atoms with Crippen LogP contribution in [-0.2, 0) is 11.3 Å². The Morgan fingerprint density at radius 3 is 2.86 bits per heavy atom. The molecule has 3 nitrogen and oxygen atoms in total. The number of piperidine rings is 1. The molecule has 2 heterocycles. The lowest BCUT2D eigenvalue weighted by Crippen LogP contribution is -2.32. The Balaban J connectivity index is 1.76. The predicted octanol–water partition coefficient (Wildman–Crippen LogP) is 1.59. The maximum absolute atomic E-state index is 5.82. The molecule has 1 aliphatic rings. The molecular formula is C11H18N2O. The van der Waals surface area contributed by atoms with Crippen molar-refractivity contribution < 1.29 is 4.74 Å². The molecule has 0 aliphatic carbocycles. The normalized spacial score (nSPS) is 18.6. The third-order valence-corrected chi connectivity index (χ3v) is 2.66. The highest BCUT2D eigenvalue weighted by molar-refractivity contribution is 5.14. The van der Waals surface area contributed by atoms with E-state index >= 15 is 0 Å². The van der Waals surface area contributed by atoms with E-state index < -0.39 is 0 Å². The fourth-order valence-corrected chi connectivity index (χ4v) is 1.83. The standard InChI is InChI=1S/C11H18N2O/c1-9-6-10(7-13-9)8-14-11-2-4-12-5-3-11/h6-7,11-13H,2-5,8H2,1H3. The lowest BCUT2D eigenvalue weighted by molar-refractivity contribution is 0.0213. The van der Waals surface area contributed by atoms with Crippen molar-refractivity contribution >= 4 is 0 Å². The molecule has 0 amide bonds. The summed E-state index contributed by atoms with van der Waals surface area (Å²) < 4.78 is 5.82. The van der Waals surface area contributed by atoms with E-state index in [1.165, 1.54) is 11.3 Å². The van der Waals surface area contributed by atoms with Crippen LogP contribution in [0, 0.1) is 6.92 Å². The molecule has 0 saturated carbocycles. The van der Waals surface area contributed by atoms with Crippen LogP contribution in [0.2, 0.25) is 0 Å². The SMILES string of the molecule is Cc1cc(COC2CCNCC2)c[nH]1. The van der Waals surface area contributed by atoms with Crippen molar-refractivity contribution in [1.82, 2.24) is 10.3 Å². The van der Waals surface area contributed by atoms with Crippen molar-refractivity contribution in [3.63, 3.8) is 0 Å².